The molecule has 2 unspecified atom stereocenters. The van der Waals surface area contributed by atoms with E-state index >= 15 is 0 Å². The number of halogens is 1. The summed E-state index contributed by atoms with van der Waals surface area (Å²) >= 11 is 3.53. The van der Waals surface area contributed by atoms with Crippen LogP contribution >= 0.6 is 15.9 Å². The molecular formula is C14H21BrN2O. The predicted octanol–water partition coefficient (Wildman–Crippen LogP) is 2.63. The minimum Gasteiger partial charge on any atom is -0.496 e. The van der Waals surface area contributed by atoms with Crippen LogP contribution in [0.3, 0.4) is 0 Å². The van der Waals surface area contributed by atoms with Crippen LogP contribution in [0.5, 0.6) is 5.75 Å². The van der Waals surface area contributed by atoms with Gasteiger partial charge in [-0.2, -0.15) is 0 Å². The third-order valence-corrected chi connectivity index (χ3v) is 4.01. The molecule has 1 aromatic carbocycles. The number of hydrogen-bond acceptors (Lipinski definition) is 3. The first-order valence-electron chi connectivity index (χ1n) is 6.39. The molecule has 1 heterocycles. The topological polar surface area (TPSA) is 38.5 Å². The molecule has 0 aliphatic carbocycles. The van der Waals surface area contributed by atoms with Gasteiger partial charge in [0.1, 0.15) is 5.75 Å². The Labute approximate surface area is 117 Å². The summed E-state index contributed by atoms with van der Waals surface area (Å²) in [4.78, 5) is 2.44. The van der Waals surface area contributed by atoms with E-state index in [1.807, 2.05) is 6.07 Å². The molecule has 0 saturated carbocycles. The standard InChI is InChI=1S/C14H21BrN2O/c1-10-5-12(16)9-17(7-10)8-11-3-4-14(18-2)13(15)6-11/h3-4,6,10,12H,5,7-9,16H2,1-2H3. The van der Waals surface area contributed by atoms with Gasteiger partial charge in [-0.15, -0.1) is 0 Å². The average Bonchev–Trinajstić information content (AvgIpc) is 2.27. The summed E-state index contributed by atoms with van der Waals surface area (Å²) < 4.78 is 6.25. The van der Waals surface area contributed by atoms with Crippen LogP contribution in [0.1, 0.15) is 18.9 Å². The molecule has 4 heteroatoms. The molecule has 0 aromatic heterocycles. The SMILES string of the molecule is COc1ccc(CN2CC(C)CC(N)C2)cc1Br. The van der Waals surface area contributed by atoms with Gasteiger partial charge in [0.15, 0.2) is 0 Å². The van der Waals surface area contributed by atoms with E-state index in [4.69, 9.17) is 10.5 Å². The fourth-order valence-corrected chi connectivity index (χ4v) is 3.30. The molecular weight excluding hydrogens is 292 g/mol. The quantitative estimate of drug-likeness (QED) is 0.932. The predicted molar refractivity (Wildman–Crippen MR) is 77.7 cm³/mol. The Kier molecular flexibility index (Phi) is 4.65. The number of methoxy groups -OCH3 is 1. The van der Waals surface area contributed by atoms with E-state index < -0.39 is 0 Å². The first-order chi connectivity index (χ1) is 8.58. The van der Waals surface area contributed by atoms with Gasteiger partial charge in [-0.25, -0.2) is 0 Å². The summed E-state index contributed by atoms with van der Waals surface area (Å²) in [6, 6.07) is 6.57. The molecule has 1 fully saturated rings. The van der Waals surface area contributed by atoms with Crippen molar-refractivity contribution in [2.24, 2.45) is 11.7 Å². The van der Waals surface area contributed by atoms with Crippen LogP contribution in [0, 0.1) is 5.92 Å². The fourth-order valence-electron chi connectivity index (χ4n) is 2.71. The van der Waals surface area contributed by atoms with Crippen molar-refractivity contribution in [3.63, 3.8) is 0 Å². The van der Waals surface area contributed by atoms with Crippen molar-refractivity contribution in [3.8, 4) is 5.75 Å². The van der Waals surface area contributed by atoms with Gasteiger partial charge < -0.3 is 10.5 Å². The molecule has 0 amide bonds. The number of rotatable bonds is 3. The zero-order chi connectivity index (χ0) is 13.1. The molecule has 18 heavy (non-hydrogen) atoms. The molecule has 1 aliphatic heterocycles. The third kappa shape index (κ3) is 3.46. The van der Waals surface area contributed by atoms with Crippen molar-refractivity contribution in [2.75, 3.05) is 20.2 Å². The molecule has 2 atom stereocenters. The Bertz CT molecular complexity index is 401. The maximum absolute atomic E-state index is 6.07. The second-order valence-corrected chi connectivity index (χ2v) is 6.12. The summed E-state index contributed by atoms with van der Waals surface area (Å²) in [6.45, 7) is 5.36. The second kappa shape index (κ2) is 6.04. The number of hydrogen-bond donors (Lipinski definition) is 1. The van der Waals surface area contributed by atoms with Crippen LogP contribution in [0.4, 0.5) is 0 Å². The number of ether oxygens (including phenoxy) is 1. The first-order valence-corrected chi connectivity index (χ1v) is 7.18. The van der Waals surface area contributed by atoms with Crippen LogP contribution in [0.25, 0.3) is 0 Å². The molecule has 100 valence electrons. The zero-order valence-electron chi connectivity index (χ0n) is 11.0. The van der Waals surface area contributed by atoms with Gasteiger partial charge in [0, 0.05) is 25.7 Å². The van der Waals surface area contributed by atoms with Crippen LogP contribution in [0.2, 0.25) is 0 Å². The lowest BCUT2D eigenvalue weighted by atomic mass is 9.96. The maximum Gasteiger partial charge on any atom is 0.133 e. The van der Waals surface area contributed by atoms with Gasteiger partial charge in [0.25, 0.3) is 0 Å². The van der Waals surface area contributed by atoms with E-state index in [9.17, 15) is 0 Å². The summed E-state index contributed by atoms with van der Waals surface area (Å²) in [5.74, 6) is 1.57. The lowest BCUT2D eigenvalue weighted by Crippen LogP contribution is -2.45. The van der Waals surface area contributed by atoms with Gasteiger partial charge in [0.05, 0.1) is 11.6 Å². The maximum atomic E-state index is 6.07. The fraction of sp³-hybridized carbons (Fsp3) is 0.571. The van der Waals surface area contributed by atoms with Crippen molar-refractivity contribution in [3.05, 3.63) is 28.2 Å². The van der Waals surface area contributed by atoms with Gasteiger partial charge in [-0.1, -0.05) is 13.0 Å². The molecule has 2 rings (SSSR count). The normalized spacial score (nSPS) is 25.1. The summed E-state index contributed by atoms with van der Waals surface area (Å²) in [5.41, 5.74) is 7.37. The van der Waals surface area contributed by atoms with E-state index in [0.29, 0.717) is 12.0 Å². The Morgan fingerprint density at radius 3 is 2.83 bits per heavy atom. The summed E-state index contributed by atoms with van der Waals surface area (Å²) in [5, 5.41) is 0. The Hall–Kier alpha value is -0.580. The minimum atomic E-state index is 0.315. The van der Waals surface area contributed by atoms with Crippen LogP contribution in [-0.4, -0.2) is 31.1 Å². The minimum absolute atomic E-state index is 0.315. The van der Waals surface area contributed by atoms with Gasteiger partial charge in [-0.3, -0.25) is 4.90 Å². The molecule has 1 saturated heterocycles. The lowest BCUT2D eigenvalue weighted by molar-refractivity contribution is 0.158. The molecule has 0 spiro atoms. The highest BCUT2D eigenvalue weighted by Gasteiger charge is 2.22. The van der Waals surface area contributed by atoms with Crippen molar-refractivity contribution >= 4 is 15.9 Å². The molecule has 2 N–H and O–H groups in total. The number of piperidine rings is 1. The number of nitrogens with two attached hydrogens (primary N) is 1. The largest absolute Gasteiger partial charge is 0.496 e. The van der Waals surface area contributed by atoms with Crippen molar-refractivity contribution in [1.82, 2.24) is 4.90 Å². The third-order valence-electron chi connectivity index (χ3n) is 3.39. The lowest BCUT2D eigenvalue weighted by Gasteiger charge is -2.34. The van der Waals surface area contributed by atoms with Crippen LogP contribution in [-0.2, 0) is 6.54 Å². The Morgan fingerprint density at radius 1 is 1.44 bits per heavy atom. The number of benzene rings is 1. The smallest absolute Gasteiger partial charge is 0.133 e. The molecule has 0 radical (unpaired) electrons. The zero-order valence-corrected chi connectivity index (χ0v) is 12.6. The van der Waals surface area contributed by atoms with Crippen LogP contribution < -0.4 is 10.5 Å². The van der Waals surface area contributed by atoms with E-state index in [1.54, 1.807) is 7.11 Å². The highest BCUT2D eigenvalue weighted by molar-refractivity contribution is 9.10. The number of likely N-dealkylation sites (tertiary alicyclic amines) is 1. The molecule has 1 aromatic rings. The van der Waals surface area contributed by atoms with Crippen molar-refractivity contribution in [2.45, 2.75) is 25.9 Å². The summed E-state index contributed by atoms with van der Waals surface area (Å²) in [6.07, 6.45) is 1.14. The Morgan fingerprint density at radius 2 is 2.22 bits per heavy atom. The molecule has 3 nitrogen and oxygen atoms in total. The van der Waals surface area contributed by atoms with E-state index in [-0.39, 0.29) is 0 Å². The van der Waals surface area contributed by atoms with Gasteiger partial charge in [-0.05, 0) is 46.0 Å². The molecule has 0 bridgehead atoms. The highest BCUT2D eigenvalue weighted by atomic mass is 79.9. The number of nitrogens with zero attached hydrogens (tertiary/aromatic N) is 1. The highest BCUT2D eigenvalue weighted by Crippen LogP contribution is 2.26. The monoisotopic (exact) mass is 312 g/mol. The second-order valence-electron chi connectivity index (χ2n) is 5.26. The van der Waals surface area contributed by atoms with Gasteiger partial charge in [0.2, 0.25) is 0 Å². The van der Waals surface area contributed by atoms with Crippen molar-refractivity contribution in [1.29, 1.82) is 0 Å². The summed E-state index contributed by atoms with van der Waals surface area (Å²) in [7, 11) is 1.69. The van der Waals surface area contributed by atoms with Crippen molar-refractivity contribution < 1.29 is 4.74 Å². The first kappa shape index (κ1) is 13.8. The van der Waals surface area contributed by atoms with Crippen LogP contribution in [0.15, 0.2) is 22.7 Å². The van der Waals surface area contributed by atoms with Gasteiger partial charge >= 0.3 is 0 Å². The average molecular weight is 313 g/mol. The van der Waals surface area contributed by atoms with E-state index in [2.05, 4.69) is 39.9 Å². The van der Waals surface area contributed by atoms with E-state index in [0.717, 1.165) is 36.3 Å². The molecule has 1 aliphatic rings. The van der Waals surface area contributed by atoms with E-state index in [1.165, 1.54) is 5.56 Å². The Balaban J connectivity index is 2.02.